The number of hydrogen-bond acceptors (Lipinski definition) is 4. The summed E-state index contributed by atoms with van der Waals surface area (Å²) in [7, 11) is 0. The molecule has 1 aromatic rings. The van der Waals surface area contributed by atoms with E-state index in [9.17, 15) is 4.79 Å². The maximum atomic E-state index is 12.0. The molecule has 0 aromatic heterocycles. The average molecular weight is 345 g/mol. The van der Waals surface area contributed by atoms with Crippen LogP contribution in [0.5, 0.6) is 0 Å². The van der Waals surface area contributed by atoms with Crippen molar-refractivity contribution < 1.29 is 4.79 Å². The molecule has 2 aliphatic heterocycles. The maximum Gasteiger partial charge on any atom is 0.221 e. The summed E-state index contributed by atoms with van der Waals surface area (Å²) < 4.78 is 0. The van der Waals surface area contributed by atoms with Crippen molar-refractivity contribution in [2.45, 2.75) is 25.7 Å². The predicted molar refractivity (Wildman–Crippen MR) is 103 cm³/mol. The van der Waals surface area contributed by atoms with Crippen LogP contribution in [-0.2, 0) is 4.79 Å². The minimum atomic E-state index is 0.203. The van der Waals surface area contributed by atoms with Gasteiger partial charge in [0.15, 0.2) is 0 Å². The summed E-state index contributed by atoms with van der Waals surface area (Å²) in [4.78, 5) is 16.9. The van der Waals surface area contributed by atoms with Gasteiger partial charge < -0.3 is 15.5 Å². The lowest BCUT2D eigenvalue weighted by atomic mass is 9.96. The van der Waals surface area contributed by atoms with Crippen LogP contribution in [0.4, 0.5) is 5.69 Å². The number of carbonyl (C=O) groups excluding carboxylic acids is 1. The molecule has 0 spiro atoms. The summed E-state index contributed by atoms with van der Waals surface area (Å²) in [5.74, 6) is 0.939. The van der Waals surface area contributed by atoms with E-state index in [1.54, 1.807) is 0 Å². The first kappa shape index (κ1) is 18.2. The number of rotatable bonds is 7. The number of nitrogens with zero attached hydrogens (tertiary/aromatic N) is 2. The fraction of sp³-hybridized carbons (Fsp3) is 0.650. The maximum absolute atomic E-state index is 12.0. The fourth-order valence-electron chi connectivity index (χ4n) is 3.80. The van der Waals surface area contributed by atoms with Crippen molar-refractivity contribution in [1.29, 1.82) is 0 Å². The van der Waals surface area contributed by atoms with Gasteiger partial charge in [-0.1, -0.05) is 18.2 Å². The van der Waals surface area contributed by atoms with E-state index >= 15 is 0 Å². The molecule has 2 aliphatic rings. The zero-order valence-electron chi connectivity index (χ0n) is 15.3. The highest BCUT2D eigenvalue weighted by Crippen LogP contribution is 2.15. The van der Waals surface area contributed by atoms with E-state index < -0.39 is 0 Å². The summed E-state index contributed by atoms with van der Waals surface area (Å²) in [6, 6.07) is 10.6. The van der Waals surface area contributed by atoms with Crippen LogP contribution < -0.4 is 15.5 Å². The minimum absolute atomic E-state index is 0.203. The Balaban J connectivity index is 1.27. The SMILES string of the molecule is O=C(CCN1CCN(c2ccccc2)CC1)NCCC1CCCNC1. The first-order valence-electron chi connectivity index (χ1n) is 9.81. The lowest BCUT2D eigenvalue weighted by molar-refractivity contribution is -0.121. The molecular formula is C20H32N4O. The van der Waals surface area contributed by atoms with Crippen molar-refractivity contribution in [3.05, 3.63) is 30.3 Å². The molecule has 2 fully saturated rings. The third-order valence-electron chi connectivity index (χ3n) is 5.42. The Labute approximate surface area is 151 Å². The van der Waals surface area contributed by atoms with Crippen LogP contribution in [0.15, 0.2) is 30.3 Å². The number of para-hydroxylation sites is 1. The van der Waals surface area contributed by atoms with Crippen molar-refractivity contribution in [1.82, 2.24) is 15.5 Å². The first-order valence-corrected chi connectivity index (χ1v) is 9.81. The van der Waals surface area contributed by atoms with Crippen LogP contribution in [0.2, 0.25) is 0 Å². The molecule has 25 heavy (non-hydrogen) atoms. The number of amides is 1. The Morgan fingerprint density at radius 1 is 1.16 bits per heavy atom. The van der Waals surface area contributed by atoms with E-state index in [1.807, 2.05) is 0 Å². The predicted octanol–water partition coefficient (Wildman–Crippen LogP) is 1.70. The van der Waals surface area contributed by atoms with Gasteiger partial charge in [-0.3, -0.25) is 9.69 Å². The standard InChI is InChI=1S/C20H32N4O/c25-20(22-11-8-18-5-4-10-21-17-18)9-12-23-13-15-24(16-14-23)19-6-2-1-3-7-19/h1-3,6-7,18,21H,4-5,8-17H2,(H,22,25). The largest absolute Gasteiger partial charge is 0.369 e. The van der Waals surface area contributed by atoms with E-state index in [4.69, 9.17) is 0 Å². The molecule has 1 unspecified atom stereocenters. The smallest absolute Gasteiger partial charge is 0.221 e. The van der Waals surface area contributed by atoms with E-state index in [2.05, 4.69) is 50.8 Å². The van der Waals surface area contributed by atoms with Crippen LogP contribution in [0, 0.1) is 5.92 Å². The van der Waals surface area contributed by atoms with Gasteiger partial charge in [0.05, 0.1) is 0 Å². The molecule has 2 N–H and O–H groups in total. The van der Waals surface area contributed by atoms with Gasteiger partial charge in [0.1, 0.15) is 0 Å². The highest BCUT2D eigenvalue weighted by Gasteiger charge is 2.18. The molecule has 0 bridgehead atoms. The number of piperidine rings is 1. The number of benzene rings is 1. The molecule has 138 valence electrons. The number of hydrogen-bond donors (Lipinski definition) is 2. The Bertz CT molecular complexity index is 508. The summed E-state index contributed by atoms with van der Waals surface area (Å²) in [6.07, 6.45) is 4.30. The van der Waals surface area contributed by atoms with Gasteiger partial charge in [-0.15, -0.1) is 0 Å². The van der Waals surface area contributed by atoms with Gasteiger partial charge in [0, 0.05) is 51.4 Å². The Hall–Kier alpha value is -1.59. The molecule has 5 heteroatoms. The van der Waals surface area contributed by atoms with Crippen molar-refractivity contribution in [3.63, 3.8) is 0 Å². The van der Waals surface area contributed by atoms with E-state index in [1.165, 1.54) is 18.5 Å². The van der Waals surface area contributed by atoms with Crippen molar-refractivity contribution in [2.75, 3.05) is 57.3 Å². The third-order valence-corrected chi connectivity index (χ3v) is 5.42. The van der Waals surface area contributed by atoms with Gasteiger partial charge in [-0.25, -0.2) is 0 Å². The molecule has 1 aromatic carbocycles. The zero-order chi connectivity index (χ0) is 17.3. The van der Waals surface area contributed by atoms with E-state index in [-0.39, 0.29) is 5.91 Å². The number of anilines is 1. The van der Waals surface area contributed by atoms with Gasteiger partial charge >= 0.3 is 0 Å². The Kier molecular flexibility index (Phi) is 7.12. The molecule has 0 saturated carbocycles. The molecule has 2 heterocycles. The lowest BCUT2D eigenvalue weighted by Crippen LogP contribution is -2.47. The van der Waals surface area contributed by atoms with Gasteiger partial charge in [0.25, 0.3) is 0 Å². The van der Waals surface area contributed by atoms with E-state index in [0.29, 0.717) is 6.42 Å². The summed E-state index contributed by atoms with van der Waals surface area (Å²) >= 11 is 0. The molecule has 1 atom stereocenters. The second kappa shape index (κ2) is 9.78. The third kappa shape index (κ3) is 6.01. The number of carbonyl (C=O) groups is 1. The van der Waals surface area contributed by atoms with Crippen LogP contribution >= 0.6 is 0 Å². The average Bonchev–Trinajstić information content (AvgIpc) is 2.68. The second-order valence-corrected chi connectivity index (χ2v) is 7.27. The lowest BCUT2D eigenvalue weighted by Gasteiger charge is -2.36. The molecule has 2 saturated heterocycles. The van der Waals surface area contributed by atoms with E-state index in [0.717, 1.165) is 64.7 Å². The summed E-state index contributed by atoms with van der Waals surface area (Å²) in [5, 5.41) is 6.53. The van der Waals surface area contributed by atoms with Crippen molar-refractivity contribution in [3.8, 4) is 0 Å². The quantitative estimate of drug-likeness (QED) is 0.790. The molecule has 5 nitrogen and oxygen atoms in total. The highest BCUT2D eigenvalue weighted by molar-refractivity contribution is 5.76. The Morgan fingerprint density at radius 3 is 2.68 bits per heavy atom. The van der Waals surface area contributed by atoms with Crippen molar-refractivity contribution >= 4 is 11.6 Å². The van der Waals surface area contributed by atoms with Crippen LogP contribution in [-0.4, -0.2) is 63.2 Å². The van der Waals surface area contributed by atoms with Gasteiger partial charge in [0.2, 0.25) is 5.91 Å². The minimum Gasteiger partial charge on any atom is -0.369 e. The highest BCUT2D eigenvalue weighted by atomic mass is 16.1. The van der Waals surface area contributed by atoms with Crippen LogP contribution in [0.3, 0.4) is 0 Å². The number of nitrogens with one attached hydrogen (secondary N) is 2. The molecule has 1 amide bonds. The van der Waals surface area contributed by atoms with Gasteiger partial charge in [-0.05, 0) is 50.4 Å². The van der Waals surface area contributed by atoms with Crippen molar-refractivity contribution in [2.24, 2.45) is 5.92 Å². The number of piperazine rings is 1. The summed E-state index contributed by atoms with van der Waals surface area (Å²) in [6.45, 7) is 8.13. The normalized spacial score (nSPS) is 21.9. The Morgan fingerprint density at radius 2 is 1.96 bits per heavy atom. The van der Waals surface area contributed by atoms with Crippen LogP contribution in [0.1, 0.15) is 25.7 Å². The topological polar surface area (TPSA) is 47.6 Å². The van der Waals surface area contributed by atoms with Crippen LogP contribution in [0.25, 0.3) is 0 Å². The summed E-state index contributed by atoms with van der Waals surface area (Å²) in [5.41, 5.74) is 1.30. The molecule has 0 radical (unpaired) electrons. The molecule has 3 rings (SSSR count). The second-order valence-electron chi connectivity index (χ2n) is 7.27. The first-order chi connectivity index (χ1) is 12.3. The van der Waals surface area contributed by atoms with Gasteiger partial charge in [-0.2, -0.15) is 0 Å². The fourth-order valence-corrected chi connectivity index (χ4v) is 3.80. The molecule has 0 aliphatic carbocycles. The monoisotopic (exact) mass is 344 g/mol. The zero-order valence-corrected chi connectivity index (χ0v) is 15.3. The molecular weight excluding hydrogens is 312 g/mol.